The quantitative estimate of drug-likeness (QED) is 0.758. The van der Waals surface area contributed by atoms with Gasteiger partial charge in [-0.25, -0.2) is 0 Å². The zero-order valence-electron chi connectivity index (χ0n) is 10.6. The molecule has 100 valence electrons. The van der Waals surface area contributed by atoms with Crippen LogP contribution in [0, 0.1) is 0 Å². The summed E-state index contributed by atoms with van der Waals surface area (Å²) in [6, 6.07) is 7.23. The highest BCUT2D eigenvalue weighted by Crippen LogP contribution is 2.25. The third kappa shape index (κ3) is 3.07. The van der Waals surface area contributed by atoms with Gasteiger partial charge >= 0.3 is 0 Å². The lowest BCUT2D eigenvalue weighted by atomic mass is 9.98. The van der Waals surface area contributed by atoms with Crippen LogP contribution in [0.25, 0.3) is 10.8 Å². The molecule has 5 nitrogen and oxygen atoms in total. The molecule has 0 aliphatic carbocycles. The van der Waals surface area contributed by atoms with E-state index in [0.717, 1.165) is 10.8 Å². The van der Waals surface area contributed by atoms with Gasteiger partial charge in [-0.2, -0.15) is 0 Å². The molecule has 1 heterocycles. The fourth-order valence-corrected chi connectivity index (χ4v) is 1.97. The normalized spacial score (nSPS) is 14.1. The van der Waals surface area contributed by atoms with Crippen molar-refractivity contribution >= 4 is 16.7 Å². The Kier molecular flexibility index (Phi) is 4.09. The molecule has 0 saturated carbocycles. The minimum atomic E-state index is -1.06. The van der Waals surface area contributed by atoms with E-state index in [9.17, 15) is 15.0 Å². The van der Waals surface area contributed by atoms with E-state index < -0.39 is 12.2 Å². The van der Waals surface area contributed by atoms with Crippen molar-refractivity contribution in [2.75, 3.05) is 6.54 Å². The smallest absolute Gasteiger partial charge is 0.216 e. The van der Waals surface area contributed by atoms with Gasteiger partial charge in [0.25, 0.3) is 0 Å². The fraction of sp³-hybridized carbons (Fsp3) is 0.286. The Labute approximate surface area is 110 Å². The van der Waals surface area contributed by atoms with Gasteiger partial charge < -0.3 is 15.5 Å². The van der Waals surface area contributed by atoms with E-state index in [1.54, 1.807) is 30.6 Å². The first-order valence-corrected chi connectivity index (χ1v) is 6.03. The third-order valence-corrected chi connectivity index (χ3v) is 2.96. The van der Waals surface area contributed by atoms with Crippen molar-refractivity contribution < 1.29 is 15.0 Å². The second-order valence-corrected chi connectivity index (χ2v) is 4.39. The number of pyridine rings is 1. The number of aliphatic hydroxyl groups is 2. The van der Waals surface area contributed by atoms with E-state index in [4.69, 9.17) is 0 Å². The van der Waals surface area contributed by atoms with Crippen LogP contribution < -0.4 is 5.32 Å². The standard InChI is InChI=1S/C14H16N2O3/c1-9(17)16-8-13(18)14(19)12-4-2-3-10-7-15-6-5-11(10)12/h2-7,13-14,18-19H,8H2,1H3,(H,16,17). The summed E-state index contributed by atoms with van der Waals surface area (Å²) in [5.41, 5.74) is 0.623. The number of amides is 1. The van der Waals surface area contributed by atoms with Crippen LogP contribution in [0.3, 0.4) is 0 Å². The largest absolute Gasteiger partial charge is 0.388 e. The summed E-state index contributed by atoms with van der Waals surface area (Å²) in [5, 5.41) is 24.3. The number of hydrogen-bond donors (Lipinski definition) is 3. The van der Waals surface area contributed by atoms with E-state index in [0.29, 0.717) is 5.56 Å². The molecule has 19 heavy (non-hydrogen) atoms. The zero-order valence-corrected chi connectivity index (χ0v) is 10.6. The summed E-state index contributed by atoms with van der Waals surface area (Å²) in [7, 11) is 0. The monoisotopic (exact) mass is 260 g/mol. The number of benzene rings is 1. The second-order valence-electron chi connectivity index (χ2n) is 4.39. The number of carbonyl (C=O) groups excluding carboxylic acids is 1. The third-order valence-electron chi connectivity index (χ3n) is 2.96. The molecule has 0 radical (unpaired) electrons. The zero-order chi connectivity index (χ0) is 13.8. The minimum Gasteiger partial charge on any atom is -0.388 e. The molecule has 1 aromatic heterocycles. The molecule has 1 amide bonds. The molecular formula is C14H16N2O3. The molecule has 3 N–H and O–H groups in total. The SMILES string of the molecule is CC(=O)NCC(O)C(O)c1cccc2cnccc12. The summed E-state index contributed by atoms with van der Waals surface area (Å²) in [5.74, 6) is -0.242. The minimum absolute atomic E-state index is 0.0119. The highest BCUT2D eigenvalue weighted by atomic mass is 16.3. The number of aliphatic hydroxyl groups excluding tert-OH is 2. The van der Waals surface area contributed by atoms with E-state index in [2.05, 4.69) is 10.3 Å². The highest BCUT2D eigenvalue weighted by Gasteiger charge is 2.20. The lowest BCUT2D eigenvalue weighted by molar-refractivity contribution is -0.119. The van der Waals surface area contributed by atoms with Gasteiger partial charge in [0.1, 0.15) is 12.2 Å². The lowest BCUT2D eigenvalue weighted by Gasteiger charge is -2.19. The van der Waals surface area contributed by atoms with E-state index >= 15 is 0 Å². The molecule has 0 bridgehead atoms. The molecule has 2 atom stereocenters. The Morgan fingerprint density at radius 2 is 2.16 bits per heavy atom. The van der Waals surface area contributed by atoms with Gasteiger partial charge in [-0.15, -0.1) is 0 Å². The van der Waals surface area contributed by atoms with Gasteiger partial charge in [-0.1, -0.05) is 18.2 Å². The van der Waals surface area contributed by atoms with Crippen LogP contribution in [0.5, 0.6) is 0 Å². The predicted octanol–water partition coefficient (Wildman–Crippen LogP) is 0.765. The molecule has 1 aromatic carbocycles. The van der Waals surface area contributed by atoms with Crippen molar-refractivity contribution in [1.82, 2.24) is 10.3 Å². The van der Waals surface area contributed by atoms with Gasteiger partial charge in [0.05, 0.1) is 0 Å². The average Bonchev–Trinajstić information content (AvgIpc) is 2.43. The van der Waals surface area contributed by atoms with Crippen LogP contribution in [0.4, 0.5) is 0 Å². The molecular weight excluding hydrogens is 244 g/mol. The van der Waals surface area contributed by atoms with Crippen molar-refractivity contribution in [3.05, 3.63) is 42.2 Å². The molecule has 0 fully saturated rings. The number of aromatic nitrogens is 1. The molecule has 0 aliphatic rings. The van der Waals surface area contributed by atoms with Crippen molar-refractivity contribution in [3.8, 4) is 0 Å². The first-order chi connectivity index (χ1) is 9.09. The van der Waals surface area contributed by atoms with Crippen molar-refractivity contribution in [1.29, 1.82) is 0 Å². The molecule has 2 aromatic rings. The Morgan fingerprint density at radius 1 is 1.37 bits per heavy atom. The van der Waals surface area contributed by atoms with Gasteiger partial charge in [-0.05, 0) is 17.0 Å². The topological polar surface area (TPSA) is 82.5 Å². The Hall–Kier alpha value is -1.98. The number of fused-ring (bicyclic) bond motifs is 1. The van der Waals surface area contributed by atoms with E-state index in [-0.39, 0.29) is 12.5 Å². The summed E-state index contributed by atoms with van der Waals surface area (Å²) in [6.45, 7) is 1.38. The van der Waals surface area contributed by atoms with Crippen LogP contribution in [0.15, 0.2) is 36.7 Å². The maximum atomic E-state index is 10.8. The fourth-order valence-electron chi connectivity index (χ4n) is 1.97. The Balaban J connectivity index is 2.25. The van der Waals surface area contributed by atoms with Crippen LogP contribution in [-0.2, 0) is 4.79 Å². The molecule has 0 aliphatic heterocycles. The van der Waals surface area contributed by atoms with Gasteiger partial charge in [0.15, 0.2) is 0 Å². The number of carbonyl (C=O) groups is 1. The first kappa shape index (κ1) is 13.5. The summed E-state index contributed by atoms with van der Waals surface area (Å²) < 4.78 is 0. The molecule has 0 spiro atoms. The van der Waals surface area contributed by atoms with Gasteiger partial charge in [0.2, 0.25) is 5.91 Å². The molecule has 0 saturated heterocycles. The van der Waals surface area contributed by atoms with Crippen molar-refractivity contribution in [2.24, 2.45) is 0 Å². The Bertz CT molecular complexity index is 580. The summed E-state index contributed by atoms with van der Waals surface area (Å²) in [4.78, 5) is 14.8. The van der Waals surface area contributed by atoms with E-state index in [1.165, 1.54) is 6.92 Å². The van der Waals surface area contributed by atoms with Crippen LogP contribution in [0.1, 0.15) is 18.6 Å². The maximum absolute atomic E-state index is 10.8. The molecule has 5 heteroatoms. The number of hydrogen-bond acceptors (Lipinski definition) is 4. The molecule has 2 unspecified atom stereocenters. The second kappa shape index (κ2) is 5.77. The molecule has 2 rings (SSSR count). The number of nitrogens with one attached hydrogen (secondary N) is 1. The van der Waals surface area contributed by atoms with Gasteiger partial charge in [0, 0.05) is 31.2 Å². The predicted molar refractivity (Wildman–Crippen MR) is 71.4 cm³/mol. The van der Waals surface area contributed by atoms with Crippen LogP contribution in [0.2, 0.25) is 0 Å². The average molecular weight is 260 g/mol. The summed E-state index contributed by atoms with van der Waals surface area (Å²) >= 11 is 0. The summed E-state index contributed by atoms with van der Waals surface area (Å²) in [6.07, 6.45) is 1.23. The van der Waals surface area contributed by atoms with Crippen molar-refractivity contribution in [3.63, 3.8) is 0 Å². The highest BCUT2D eigenvalue weighted by molar-refractivity contribution is 5.85. The lowest BCUT2D eigenvalue weighted by Crippen LogP contribution is -2.34. The Morgan fingerprint density at radius 3 is 2.89 bits per heavy atom. The number of rotatable bonds is 4. The van der Waals surface area contributed by atoms with E-state index in [1.807, 2.05) is 6.07 Å². The van der Waals surface area contributed by atoms with Crippen LogP contribution in [-0.4, -0.2) is 33.8 Å². The van der Waals surface area contributed by atoms with Gasteiger partial charge in [-0.3, -0.25) is 9.78 Å². The maximum Gasteiger partial charge on any atom is 0.216 e. The van der Waals surface area contributed by atoms with Crippen molar-refractivity contribution in [2.45, 2.75) is 19.1 Å². The first-order valence-electron chi connectivity index (χ1n) is 6.03. The number of nitrogens with zero attached hydrogens (tertiary/aromatic N) is 1. The van der Waals surface area contributed by atoms with Crippen LogP contribution >= 0.6 is 0 Å².